The van der Waals surface area contributed by atoms with E-state index in [9.17, 15) is 14.7 Å². The molecule has 8 saturated heterocycles. The summed E-state index contributed by atoms with van der Waals surface area (Å²) >= 11 is 0. The summed E-state index contributed by atoms with van der Waals surface area (Å²) in [5, 5.41) is 18.2. The van der Waals surface area contributed by atoms with Gasteiger partial charge in [0.1, 0.15) is 6.10 Å². The molecule has 2 N–H and O–H groups in total. The molecule has 10 rings (SSSR count). The number of nitrogens with zero attached hydrogens (tertiary/aromatic N) is 4. The molecule has 10 atom stereocenters. The highest BCUT2D eigenvalue weighted by Gasteiger charge is 2.48. The highest BCUT2D eigenvalue weighted by molar-refractivity contribution is 5.87. The second-order valence-corrected chi connectivity index (χ2v) is 18.2. The molecular formula is C48H66N4O5. The lowest BCUT2D eigenvalue weighted by Crippen LogP contribution is -2.65. The number of hydrogen-bond acceptors (Lipinski definition) is 8. The smallest absolute Gasteiger partial charge is 0.331 e. The van der Waals surface area contributed by atoms with Gasteiger partial charge in [0, 0.05) is 80.0 Å². The van der Waals surface area contributed by atoms with E-state index in [2.05, 4.69) is 19.6 Å². The number of fused-ring (bicyclic) bond motifs is 12. The van der Waals surface area contributed by atoms with Gasteiger partial charge in [-0.2, -0.15) is 0 Å². The van der Waals surface area contributed by atoms with Gasteiger partial charge >= 0.3 is 11.9 Å². The quantitative estimate of drug-likeness (QED) is 0.241. The van der Waals surface area contributed by atoms with Crippen molar-refractivity contribution in [1.29, 1.82) is 0 Å². The Morgan fingerprint density at radius 3 is 1.47 bits per heavy atom. The van der Waals surface area contributed by atoms with Gasteiger partial charge in [0.2, 0.25) is 0 Å². The maximum absolute atomic E-state index is 12.3. The molecule has 2 aromatic carbocycles. The van der Waals surface area contributed by atoms with Crippen LogP contribution in [-0.4, -0.2) is 128 Å². The molecule has 8 heterocycles. The Morgan fingerprint density at radius 1 is 0.509 bits per heavy atom. The molecule has 8 fully saturated rings. The van der Waals surface area contributed by atoms with Crippen LogP contribution in [0.5, 0.6) is 0 Å². The summed E-state index contributed by atoms with van der Waals surface area (Å²) in [5.74, 6) is -1.12. The molecule has 8 aliphatic heterocycles. The third-order valence-electron chi connectivity index (χ3n) is 14.6. The van der Waals surface area contributed by atoms with Crippen LogP contribution in [0.1, 0.15) is 114 Å². The van der Waals surface area contributed by atoms with E-state index in [4.69, 9.17) is 9.84 Å². The second-order valence-electron chi connectivity index (χ2n) is 18.2. The first-order valence-electron chi connectivity index (χ1n) is 22.5. The summed E-state index contributed by atoms with van der Waals surface area (Å²) in [4.78, 5) is 33.6. The Hall–Kier alpha value is -3.34. The third-order valence-corrected chi connectivity index (χ3v) is 14.6. The van der Waals surface area contributed by atoms with Gasteiger partial charge in [-0.25, -0.2) is 9.59 Å². The molecule has 8 aliphatic rings. The zero-order valence-corrected chi connectivity index (χ0v) is 33.9. The fraction of sp³-hybridized carbons (Fsp3) is 0.625. The number of rotatable bonds is 5. The van der Waals surface area contributed by atoms with Crippen molar-refractivity contribution in [3.8, 4) is 0 Å². The van der Waals surface area contributed by atoms with Gasteiger partial charge in [-0.3, -0.25) is 19.6 Å². The van der Waals surface area contributed by atoms with Crippen LogP contribution in [-0.2, 0) is 14.3 Å². The number of carbonyl (C=O) groups excluding carboxylic acids is 1. The topological polar surface area (TPSA) is 96.8 Å². The van der Waals surface area contributed by atoms with E-state index < -0.39 is 5.97 Å². The van der Waals surface area contributed by atoms with E-state index in [0.29, 0.717) is 12.1 Å². The summed E-state index contributed by atoms with van der Waals surface area (Å²) < 4.78 is 5.82. The van der Waals surface area contributed by atoms with Crippen LogP contribution in [0.2, 0.25) is 0 Å². The van der Waals surface area contributed by atoms with E-state index in [1.807, 2.05) is 66.7 Å². The highest BCUT2D eigenvalue weighted by Crippen LogP contribution is 2.43. The van der Waals surface area contributed by atoms with Crippen LogP contribution >= 0.6 is 0 Å². The number of aliphatic carboxylic acids is 1. The van der Waals surface area contributed by atoms with Crippen LogP contribution in [0.4, 0.5) is 0 Å². The van der Waals surface area contributed by atoms with Crippen molar-refractivity contribution in [3.63, 3.8) is 0 Å². The summed E-state index contributed by atoms with van der Waals surface area (Å²) in [6, 6.07) is 25.4. The normalized spacial score (nSPS) is 35.2. The Morgan fingerprint density at radius 2 is 0.947 bits per heavy atom. The molecule has 57 heavy (non-hydrogen) atoms. The van der Waals surface area contributed by atoms with Crippen molar-refractivity contribution >= 4 is 24.1 Å². The number of esters is 1. The van der Waals surface area contributed by atoms with Gasteiger partial charge in [-0.15, -0.1) is 0 Å². The Balaban J connectivity index is 0.000000134. The molecule has 2 unspecified atom stereocenters. The third kappa shape index (κ3) is 10.3. The van der Waals surface area contributed by atoms with Crippen LogP contribution in [0.25, 0.3) is 12.2 Å². The molecule has 0 radical (unpaired) electrons. The van der Waals surface area contributed by atoms with Crippen molar-refractivity contribution in [2.24, 2.45) is 0 Å². The van der Waals surface area contributed by atoms with Crippen molar-refractivity contribution < 1.29 is 24.5 Å². The summed E-state index contributed by atoms with van der Waals surface area (Å²) in [6.45, 7) is 4.89. The standard InChI is InChI=1S/C24H32N2O2.C15H26N2O.C9H8O2/c27-24(10-9-18-6-2-1-3-7-18)28-23-11-13-26-20-14-19-8-4-5-12-25(19)21(15-20)16-22(26)17-23;18-15-4-6-17-12-7-11-3-1-2-5-16(11)13(8-12)9-14(17)10-15;10-9(11)7-6-8-4-2-1-3-5-8/h1-3,6-7,9-10,19-23H,4-5,8,11-17H2;11-15,18H,1-10H2;1-7H,(H,10,11)/b10-9-;;7-6+/t19-,20+,21+,22-,23?;11-,12+,13+,14-,15?;/m11./s1. The number of aliphatic hydroxyl groups is 1. The van der Waals surface area contributed by atoms with Gasteiger partial charge in [0.05, 0.1) is 6.10 Å². The maximum atomic E-state index is 12.3. The summed E-state index contributed by atoms with van der Waals surface area (Å²) in [5.41, 5.74) is 1.93. The van der Waals surface area contributed by atoms with Crippen LogP contribution < -0.4 is 0 Å². The van der Waals surface area contributed by atoms with Crippen molar-refractivity contribution in [2.75, 3.05) is 26.2 Å². The Labute approximate surface area is 340 Å². The molecule has 2 aromatic rings. The molecule has 0 amide bonds. The first kappa shape index (κ1) is 40.4. The number of carbonyl (C=O) groups is 2. The lowest BCUT2D eigenvalue weighted by molar-refractivity contribution is -0.150. The van der Waals surface area contributed by atoms with E-state index in [0.717, 1.165) is 92.2 Å². The number of ether oxygens (including phenoxy) is 1. The fourth-order valence-electron chi connectivity index (χ4n) is 12.1. The lowest BCUT2D eigenvalue weighted by atomic mass is 9.76. The predicted octanol–water partition coefficient (Wildman–Crippen LogP) is 7.25. The summed E-state index contributed by atoms with van der Waals surface area (Å²) in [7, 11) is 0. The number of aliphatic hydroxyl groups excluding tert-OH is 1. The average molecular weight is 779 g/mol. The Bertz CT molecular complexity index is 1670. The molecule has 0 aromatic heterocycles. The van der Waals surface area contributed by atoms with E-state index >= 15 is 0 Å². The zero-order chi connectivity index (χ0) is 39.1. The van der Waals surface area contributed by atoms with Gasteiger partial charge in [0.25, 0.3) is 0 Å². The Kier molecular flexibility index (Phi) is 13.6. The van der Waals surface area contributed by atoms with Crippen molar-refractivity contribution in [3.05, 3.63) is 83.9 Å². The maximum Gasteiger partial charge on any atom is 0.331 e. The number of piperidine rings is 8. The largest absolute Gasteiger partial charge is 0.478 e. The number of benzene rings is 2. The molecule has 9 nitrogen and oxygen atoms in total. The minimum absolute atomic E-state index is 0.0257. The van der Waals surface area contributed by atoms with Gasteiger partial charge < -0.3 is 14.9 Å². The number of hydrogen-bond donors (Lipinski definition) is 2. The predicted molar refractivity (Wildman–Crippen MR) is 225 cm³/mol. The molecule has 0 spiro atoms. The molecule has 308 valence electrons. The molecule has 0 aliphatic carbocycles. The van der Waals surface area contributed by atoms with Gasteiger partial charge in [-0.05, 0) is 120 Å². The second kappa shape index (κ2) is 19.2. The monoisotopic (exact) mass is 779 g/mol. The average Bonchev–Trinajstić information content (AvgIpc) is 3.23. The highest BCUT2D eigenvalue weighted by atomic mass is 16.5. The van der Waals surface area contributed by atoms with E-state index in [1.54, 1.807) is 12.2 Å². The minimum atomic E-state index is -0.922. The van der Waals surface area contributed by atoms with Crippen LogP contribution in [0.15, 0.2) is 72.8 Å². The number of carboxylic acids is 1. The minimum Gasteiger partial charge on any atom is -0.478 e. The van der Waals surface area contributed by atoms with Gasteiger partial charge in [0.15, 0.2) is 0 Å². The van der Waals surface area contributed by atoms with E-state index in [-0.39, 0.29) is 18.2 Å². The first-order valence-corrected chi connectivity index (χ1v) is 22.5. The molecule has 4 bridgehead atoms. The first-order chi connectivity index (χ1) is 27.9. The lowest BCUT2D eigenvalue weighted by Gasteiger charge is -2.58. The number of carboxylic acid groups (broad SMARTS) is 1. The van der Waals surface area contributed by atoms with E-state index in [1.165, 1.54) is 90.1 Å². The SMILES string of the molecule is O=C(/C=C\c1ccccc1)OC1CCN2[C@@H]3C[C@@H](C[C@@H]2C1)N1CCCC[C@@H]1C3.O=C(O)/C=C/c1ccccc1.OC1CCN2[C@@H]3C[C@@H](C[C@@H]2C1)N1CCCC[C@@H]1C3. The van der Waals surface area contributed by atoms with Gasteiger partial charge in [-0.1, -0.05) is 73.5 Å². The molecule has 9 heteroatoms. The van der Waals surface area contributed by atoms with Crippen LogP contribution in [0, 0.1) is 0 Å². The molecular weight excluding hydrogens is 713 g/mol. The molecule has 0 saturated carbocycles. The summed E-state index contributed by atoms with van der Waals surface area (Å²) in [6.07, 6.45) is 26.8. The zero-order valence-electron chi connectivity index (χ0n) is 33.9. The van der Waals surface area contributed by atoms with Crippen molar-refractivity contribution in [1.82, 2.24) is 19.6 Å². The van der Waals surface area contributed by atoms with Crippen LogP contribution in [0.3, 0.4) is 0 Å². The van der Waals surface area contributed by atoms with Crippen molar-refractivity contribution in [2.45, 2.75) is 163 Å². The fourth-order valence-corrected chi connectivity index (χ4v) is 12.1.